The van der Waals surface area contributed by atoms with E-state index in [1.165, 1.54) is 23.1 Å². The number of para-hydroxylation sites is 1. The van der Waals surface area contributed by atoms with E-state index in [0.29, 0.717) is 34.5 Å². The van der Waals surface area contributed by atoms with Gasteiger partial charge in [-0.3, -0.25) is 33.7 Å². The first-order valence-electron chi connectivity index (χ1n) is 25.1. The van der Waals surface area contributed by atoms with E-state index < -0.39 is 83.4 Å². The van der Waals surface area contributed by atoms with Gasteiger partial charge in [0.05, 0.1) is 24.0 Å². The highest BCUT2D eigenvalue weighted by Crippen LogP contribution is 2.65. The summed E-state index contributed by atoms with van der Waals surface area (Å²) in [6.07, 6.45) is 2.70. The summed E-state index contributed by atoms with van der Waals surface area (Å²) in [5, 5.41) is 16.1. The number of carbonyl (C=O) groups is 6. The summed E-state index contributed by atoms with van der Waals surface area (Å²) in [5.41, 5.74) is 2.08. The van der Waals surface area contributed by atoms with Gasteiger partial charge in [0.1, 0.15) is 66.9 Å². The highest BCUT2D eigenvalue weighted by Gasteiger charge is 2.74. The number of carbonyl (C=O) groups excluding carboxylic acids is 6. The van der Waals surface area contributed by atoms with Crippen molar-refractivity contribution in [1.82, 2.24) is 20.0 Å². The third-order valence-electron chi connectivity index (χ3n) is 15.2. The molecule has 3 N–H and O–H groups in total. The smallest absolute Gasteiger partial charge is 0.325 e. The fourth-order valence-electron chi connectivity index (χ4n) is 12.1. The average molecular weight is 1000 g/mol. The third-order valence-corrected chi connectivity index (χ3v) is 15.2. The Kier molecular flexibility index (Phi) is 14.1. The number of fused-ring (bicyclic) bond motifs is 4. The minimum Gasteiger partial charge on any atom is -0.508 e. The average Bonchev–Trinajstić information content (AvgIpc) is 4.20. The van der Waals surface area contributed by atoms with Crippen LogP contribution in [0.2, 0.25) is 0 Å². The topological polar surface area (TPSA) is 193 Å². The molecule has 74 heavy (non-hydrogen) atoms. The van der Waals surface area contributed by atoms with Crippen LogP contribution in [-0.4, -0.2) is 114 Å². The fraction of sp³-hybridized carbons (Fsp3) is 0.345. The minimum atomic E-state index is -1.70. The Hall–Kier alpha value is -7.82. The van der Waals surface area contributed by atoms with Crippen molar-refractivity contribution < 1.29 is 52.8 Å². The Morgan fingerprint density at radius 1 is 0.770 bits per heavy atom. The second-order valence-corrected chi connectivity index (χ2v) is 19.8. The molecule has 0 aliphatic carbocycles. The monoisotopic (exact) mass is 1000 g/mol. The van der Waals surface area contributed by atoms with Crippen molar-refractivity contribution in [1.29, 1.82) is 0 Å². The molecule has 5 aromatic rings. The number of hydrogen-bond acceptors (Lipinski definition) is 13. The Morgan fingerprint density at radius 2 is 1.43 bits per heavy atom. The highest BCUT2D eigenvalue weighted by atomic mass is 16.6. The van der Waals surface area contributed by atoms with Crippen molar-refractivity contribution in [3.8, 4) is 11.5 Å². The molecule has 16 heteroatoms. The predicted octanol–water partition coefficient (Wildman–Crippen LogP) is 6.50. The van der Waals surface area contributed by atoms with E-state index in [-0.39, 0.29) is 43.8 Å². The molecular weight excluding hydrogens is 943 g/mol. The quantitative estimate of drug-likeness (QED) is 0.0396. The molecule has 10 atom stereocenters. The molecular formula is C58H59N5O11. The first kappa shape index (κ1) is 49.7. The van der Waals surface area contributed by atoms with Crippen LogP contribution in [0.3, 0.4) is 0 Å². The van der Waals surface area contributed by atoms with Crippen molar-refractivity contribution >= 4 is 41.3 Å². The van der Waals surface area contributed by atoms with E-state index in [4.69, 9.17) is 18.9 Å². The number of unbranched alkanes of at least 4 members (excludes halogenated alkanes) is 1. The summed E-state index contributed by atoms with van der Waals surface area (Å²) in [4.78, 5) is 92.0. The number of morpholine rings is 1. The molecule has 5 heterocycles. The number of phenolic OH excluding ortho intramolecular Hbond substituents is 1. The van der Waals surface area contributed by atoms with Gasteiger partial charge < -0.3 is 44.5 Å². The number of phenols is 1. The van der Waals surface area contributed by atoms with Gasteiger partial charge in [0.25, 0.3) is 0 Å². The predicted molar refractivity (Wildman–Crippen MR) is 271 cm³/mol. The molecule has 10 rings (SSSR count). The first-order chi connectivity index (χ1) is 35.9. The van der Waals surface area contributed by atoms with Gasteiger partial charge in [-0.05, 0) is 104 Å². The molecule has 5 aliphatic rings. The normalized spacial score (nSPS) is 26.9. The number of nitrogens with zero attached hydrogens (tertiary/aromatic N) is 3. The zero-order valence-corrected chi connectivity index (χ0v) is 41.2. The molecule has 5 aromatic carbocycles. The van der Waals surface area contributed by atoms with Gasteiger partial charge in [-0.2, -0.15) is 0 Å². The Balaban J connectivity index is 0.929. The summed E-state index contributed by atoms with van der Waals surface area (Å²) < 4.78 is 24.2. The number of amides is 3. The van der Waals surface area contributed by atoms with Crippen LogP contribution in [0.25, 0.3) is 0 Å². The number of benzene rings is 5. The first-order valence-corrected chi connectivity index (χ1v) is 25.1. The van der Waals surface area contributed by atoms with Crippen LogP contribution >= 0.6 is 0 Å². The number of piperazine rings is 1. The number of aromatic hydroxyl groups is 1. The largest absolute Gasteiger partial charge is 0.508 e. The summed E-state index contributed by atoms with van der Waals surface area (Å²) >= 11 is 0. The summed E-state index contributed by atoms with van der Waals surface area (Å²) in [6.45, 7) is 4.22. The van der Waals surface area contributed by atoms with Crippen LogP contribution in [0.5, 0.6) is 11.5 Å². The van der Waals surface area contributed by atoms with E-state index >= 15 is 4.79 Å². The van der Waals surface area contributed by atoms with E-state index in [0.717, 1.165) is 30.5 Å². The zero-order chi connectivity index (χ0) is 51.7. The molecule has 4 fully saturated rings. The minimum absolute atomic E-state index is 0.0211. The third kappa shape index (κ3) is 8.95. The van der Waals surface area contributed by atoms with Gasteiger partial charge >= 0.3 is 17.9 Å². The van der Waals surface area contributed by atoms with Crippen LogP contribution < -0.4 is 15.4 Å². The molecule has 1 spiro atoms. The maximum absolute atomic E-state index is 15.1. The lowest BCUT2D eigenvalue weighted by Gasteiger charge is -2.46. The fourth-order valence-corrected chi connectivity index (χ4v) is 12.1. The van der Waals surface area contributed by atoms with Crippen molar-refractivity contribution in [3.63, 3.8) is 0 Å². The number of esters is 3. The summed E-state index contributed by atoms with van der Waals surface area (Å²) in [6, 6.07) is 34.2. The second kappa shape index (κ2) is 21.0. The molecule has 0 bridgehead atoms. The van der Waals surface area contributed by atoms with Crippen LogP contribution in [0.1, 0.15) is 77.7 Å². The SMILES string of the molecule is C=CCOC(=O)[C@H]1[C@@H]2C(=O)O[C@@H](c3ccccc3)[C@@H](c3ccccc3)N2[C@@H](c2ccc(OCCOC(=O)[C@H]3C[C@H]4C(=O)N[C@@H](CCCCN(C)C)C(=O)N4[C@H]3c3ccc(O)cc3)cc2)[C@]12C(=O)Nc1ccccc12. The summed E-state index contributed by atoms with van der Waals surface area (Å²) in [5.74, 6) is -4.88. The number of cyclic esters (lactones) is 1. The lowest BCUT2D eigenvalue weighted by Crippen LogP contribution is -2.61. The van der Waals surface area contributed by atoms with Gasteiger partial charge in [0.15, 0.2) is 0 Å². The molecule has 382 valence electrons. The van der Waals surface area contributed by atoms with E-state index in [2.05, 4.69) is 22.1 Å². The number of anilines is 1. The molecule has 0 saturated carbocycles. The molecule has 16 nitrogen and oxygen atoms in total. The standard InChI is InChI=1S/C58H59N5O11/c1-4-31-72-55(68)46-49-56(69)74-50(37-17-9-6-10-18-37)48(35-15-7-5-8-16-35)63(49)51(58(46)42-19-11-12-20-43(42)60-57(58)70)38-24-28-40(29-25-38)71-32-33-73-54(67)41-34-45-52(65)59-44(21-13-14-30-61(2)3)53(66)62(45)47(41)36-22-26-39(64)27-23-36/h4-12,15-20,22-29,41,44-51,64H,1,13-14,21,30-34H2,2-3H3,(H,59,65)(H,60,70)/t41-,44-,45-,46+,47-,48+,49+,50-,51-,58+/m0/s1. The van der Waals surface area contributed by atoms with E-state index in [9.17, 15) is 29.1 Å². The van der Waals surface area contributed by atoms with Crippen molar-refractivity contribution in [2.24, 2.45) is 11.8 Å². The van der Waals surface area contributed by atoms with E-state index in [1.807, 2.05) is 97.9 Å². The molecule has 5 aliphatic heterocycles. The zero-order valence-electron chi connectivity index (χ0n) is 41.2. The van der Waals surface area contributed by atoms with Gasteiger partial charge in [0.2, 0.25) is 17.7 Å². The van der Waals surface area contributed by atoms with Gasteiger partial charge in [-0.15, -0.1) is 0 Å². The van der Waals surface area contributed by atoms with Crippen LogP contribution in [0.15, 0.2) is 146 Å². The van der Waals surface area contributed by atoms with Crippen molar-refractivity contribution in [2.45, 2.75) is 73.5 Å². The van der Waals surface area contributed by atoms with Crippen molar-refractivity contribution in [2.75, 3.05) is 45.8 Å². The van der Waals surface area contributed by atoms with Crippen LogP contribution in [0.4, 0.5) is 5.69 Å². The Morgan fingerprint density at radius 3 is 2.14 bits per heavy atom. The number of hydrogen-bond donors (Lipinski definition) is 3. The lowest BCUT2D eigenvalue weighted by atomic mass is 9.65. The van der Waals surface area contributed by atoms with Gasteiger partial charge in [-0.25, -0.2) is 0 Å². The van der Waals surface area contributed by atoms with Gasteiger partial charge in [-0.1, -0.05) is 116 Å². The maximum Gasteiger partial charge on any atom is 0.325 e. The Bertz CT molecular complexity index is 2920. The molecule has 4 saturated heterocycles. The molecule has 0 aromatic heterocycles. The maximum atomic E-state index is 15.1. The van der Waals surface area contributed by atoms with Gasteiger partial charge in [0, 0.05) is 5.69 Å². The van der Waals surface area contributed by atoms with Crippen molar-refractivity contribution in [3.05, 3.63) is 174 Å². The number of nitrogens with one attached hydrogen (secondary N) is 2. The highest BCUT2D eigenvalue weighted by molar-refractivity contribution is 6.11. The van der Waals surface area contributed by atoms with E-state index in [1.54, 1.807) is 42.5 Å². The summed E-state index contributed by atoms with van der Waals surface area (Å²) in [7, 11) is 3.96. The van der Waals surface area contributed by atoms with Crippen LogP contribution in [-0.2, 0) is 48.4 Å². The number of rotatable bonds is 17. The number of ether oxygens (including phenoxy) is 4. The van der Waals surface area contributed by atoms with Crippen LogP contribution in [0, 0.1) is 11.8 Å². The molecule has 0 unspecified atom stereocenters. The molecule has 3 amide bonds. The second-order valence-electron chi connectivity index (χ2n) is 19.8. The lowest BCUT2D eigenvalue weighted by molar-refractivity contribution is -0.180. The Labute approximate surface area is 429 Å². The molecule has 0 radical (unpaired) electrons.